The number of aliphatic hydroxyl groups is 1. The van der Waals surface area contributed by atoms with Gasteiger partial charge in [-0.2, -0.15) is 0 Å². The van der Waals surface area contributed by atoms with E-state index in [1.54, 1.807) is 18.9 Å². The molecule has 0 fully saturated rings. The van der Waals surface area contributed by atoms with Crippen LogP contribution in [-0.4, -0.2) is 40.9 Å². The van der Waals surface area contributed by atoms with Crippen LogP contribution in [0.25, 0.3) is 0 Å². The molecule has 14 heavy (non-hydrogen) atoms. The number of aryl methyl sites for hydroxylation is 1. The van der Waals surface area contributed by atoms with Gasteiger partial charge in [0.2, 0.25) is 5.89 Å². The maximum Gasteiger partial charge on any atom is 0.317 e. The van der Waals surface area contributed by atoms with Crippen molar-refractivity contribution in [2.24, 2.45) is 0 Å². The van der Waals surface area contributed by atoms with Crippen molar-refractivity contribution in [3.05, 3.63) is 5.89 Å². The molecule has 1 atom stereocenters. The first-order valence-electron chi connectivity index (χ1n) is 4.41. The molecule has 0 radical (unpaired) electrons. The summed E-state index contributed by atoms with van der Waals surface area (Å²) in [5.74, 6) is 0.981. The van der Waals surface area contributed by atoms with Crippen LogP contribution >= 0.6 is 11.6 Å². The number of hydrogen-bond donors (Lipinski definition) is 1. The van der Waals surface area contributed by atoms with E-state index in [1.807, 2.05) is 0 Å². The number of halogens is 1. The summed E-state index contributed by atoms with van der Waals surface area (Å²) in [5.41, 5.74) is 0. The summed E-state index contributed by atoms with van der Waals surface area (Å²) in [7, 11) is 1.78. The molecule has 0 saturated carbocycles. The molecule has 0 aliphatic rings. The van der Waals surface area contributed by atoms with Crippen molar-refractivity contribution in [2.75, 3.05) is 24.4 Å². The molecule has 1 aromatic rings. The van der Waals surface area contributed by atoms with Crippen LogP contribution in [-0.2, 0) is 6.42 Å². The highest BCUT2D eigenvalue weighted by Gasteiger charge is 2.11. The van der Waals surface area contributed by atoms with Crippen molar-refractivity contribution in [3.63, 3.8) is 0 Å². The third kappa shape index (κ3) is 3.16. The molecule has 0 amide bonds. The Hall–Kier alpha value is -0.810. The second kappa shape index (κ2) is 5.17. The molecule has 0 aromatic carbocycles. The fourth-order valence-electron chi connectivity index (χ4n) is 1.06. The summed E-state index contributed by atoms with van der Waals surface area (Å²) in [6.45, 7) is 2.16. The van der Waals surface area contributed by atoms with Crippen molar-refractivity contribution in [1.29, 1.82) is 0 Å². The van der Waals surface area contributed by atoms with Gasteiger partial charge in [0, 0.05) is 25.9 Å². The zero-order valence-corrected chi connectivity index (χ0v) is 9.03. The summed E-state index contributed by atoms with van der Waals surface area (Å²) in [4.78, 5) is 1.70. The second-order valence-electron chi connectivity index (χ2n) is 3.15. The van der Waals surface area contributed by atoms with Crippen LogP contribution in [0.5, 0.6) is 0 Å². The highest BCUT2D eigenvalue weighted by molar-refractivity contribution is 6.17. The van der Waals surface area contributed by atoms with E-state index in [9.17, 15) is 0 Å². The topological polar surface area (TPSA) is 62.4 Å². The Morgan fingerprint density at radius 3 is 2.86 bits per heavy atom. The summed E-state index contributed by atoms with van der Waals surface area (Å²) in [5, 5.41) is 16.8. The van der Waals surface area contributed by atoms with Gasteiger partial charge < -0.3 is 14.4 Å². The van der Waals surface area contributed by atoms with Crippen molar-refractivity contribution in [3.8, 4) is 0 Å². The smallest absolute Gasteiger partial charge is 0.317 e. The standard InChI is InChI=1S/C8H14ClN3O2/c1-6(13)5-12(2)8-11-10-7(14-8)3-4-9/h6,13H,3-5H2,1-2H3. The third-order valence-electron chi connectivity index (χ3n) is 1.63. The van der Waals surface area contributed by atoms with E-state index in [1.165, 1.54) is 0 Å². The highest BCUT2D eigenvalue weighted by atomic mass is 35.5. The molecule has 0 bridgehead atoms. The predicted octanol–water partition coefficient (Wildman–Crippen LogP) is 0.668. The molecular weight excluding hydrogens is 206 g/mol. The van der Waals surface area contributed by atoms with E-state index in [2.05, 4.69) is 10.2 Å². The minimum atomic E-state index is -0.427. The van der Waals surface area contributed by atoms with Gasteiger partial charge in [0.05, 0.1) is 6.10 Å². The largest absolute Gasteiger partial charge is 0.408 e. The molecular formula is C8H14ClN3O2. The van der Waals surface area contributed by atoms with Gasteiger partial charge in [0.25, 0.3) is 0 Å². The van der Waals surface area contributed by atoms with Gasteiger partial charge in [-0.25, -0.2) is 0 Å². The number of aliphatic hydroxyl groups excluding tert-OH is 1. The maximum atomic E-state index is 9.14. The van der Waals surface area contributed by atoms with Gasteiger partial charge in [-0.15, -0.1) is 16.7 Å². The van der Waals surface area contributed by atoms with Crippen molar-refractivity contribution in [1.82, 2.24) is 10.2 Å². The first-order chi connectivity index (χ1) is 6.63. The van der Waals surface area contributed by atoms with Gasteiger partial charge in [0.1, 0.15) is 0 Å². The van der Waals surface area contributed by atoms with Gasteiger partial charge in [-0.1, -0.05) is 5.10 Å². The zero-order valence-electron chi connectivity index (χ0n) is 8.27. The van der Waals surface area contributed by atoms with Crippen LogP contribution in [0.15, 0.2) is 4.42 Å². The lowest BCUT2D eigenvalue weighted by Crippen LogP contribution is -2.27. The molecule has 0 aliphatic heterocycles. The van der Waals surface area contributed by atoms with E-state index in [0.29, 0.717) is 30.8 Å². The van der Waals surface area contributed by atoms with Crippen LogP contribution in [0.4, 0.5) is 6.01 Å². The Labute approximate surface area is 87.7 Å². The highest BCUT2D eigenvalue weighted by Crippen LogP contribution is 2.11. The Morgan fingerprint density at radius 2 is 2.29 bits per heavy atom. The molecule has 80 valence electrons. The molecule has 0 aliphatic carbocycles. The average Bonchev–Trinajstić information content (AvgIpc) is 2.52. The lowest BCUT2D eigenvalue weighted by Gasteiger charge is -2.14. The first kappa shape index (κ1) is 11.3. The minimum Gasteiger partial charge on any atom is -0.408 e. The van der Waals surface area contributed by atoms with E-state index >= 15 is 0 Å². The fourth-order valence-corrected chi connectivity index (χ4v) is 1.22. The lowest BCUT2D eigenvalue weighted by molar-refractivity contribution is 0.200. The first-order valence-corrected chi connectivity index (χ1v) is 4.94. The Morgan fingerprint density at radius 1 is 1.57 bits per heavy atom. The second-order valence-corrected chi connectivity index (χ2v) is 3.52. The molecule has 1 unspecified atom stereocenters. The van der Waals surface area contributed by atoms with Crippen molar-refractivity contribution < 1.29 is 9.52 Å². The molecule has 0 spiro atoms. The average molecular weight is 220 g/mol. The normalized spacial score (nSPS) is 12.9. The van der Waals surface area contributed by atoms with Crippen molar-refractivity contribution >= 4 is 17.6 Å². The SMILES string of the molecule is CC(O)CN(C)c1nnc(CCCl)o1. The van der Waals surface area contributed by atoms with Crippen LogP contribution in [0.2, 0.25) is 0 Å². The number of likely N-dealkylation sites (N-methyl/N-ethyl adjacent to an activating group) is 1. The summed E-state index contributed by atoms with van der Waals surface area (Å²) >= 11 is 5.53. The monoisotopic (exact) mass is 219 g/mol. The third-order valence-corrected chi connectivity index (χ3v) is 1.82. The van der Waals surface area contributed by atoms with E-state index < -0.39 is 6.10 Å². The van der Waals surface area contributed by atoms with Gasteiger partial charge in [0.15, 0.2) is 0 Å². The molecule has 1 N–H and O–H groups in total. The molecule has 1 aromatic heterocycles. The molecule has 0 saturated heterocycles. The maximum absolute atomic E-state index is 9.14. The molecule has 1 rings (SSSR count). The molecule has 5 nitrogen and oxygen atoms in total. The quantitative estimate of drug-likeness (QED) is 0.738. The number of hydrogen-bond acceptors (Lipinski definition) is 5. The van der Waals surface area contributed by atoms with Crippen LogP contribution in [0, 0.1) is 0 Å². The Kier molecular flexibility index (Phi) is 4.16. The summed E-state index contributed by atoms with van der Waals surface area (Å²) < 4.78 is 5.29. The summed E-state index contributed by atoms with van der Waals surface area (Å²) in [6, 6.07) is 0.408. The fraction of sp³-hybridized carbons (Fsp3) is 0.750. The van der Waals surface area contributed by atoms with Crippen LogP contribution < -0.4 is 4.90 Å². The summed E-state index contributed by atoms with van der Waals surface area (Å²) in [6.07, 6.45) is 0.139. The number of anilines is 1. The number of rotatable bonds is 5. The number of nitrogens with zero attached hydrogens (tertiary/aromatic N) is 3. The molecule has 1 heterocycles. The number of aromatic nitrogens is 2. The van der Waals surface area contributed by atoms with Crippen LogP contribution in [0.1, 0.15) is 12.8 Å². The van der Waals surface area contributed by atoms with E-state index in [0.717, 1.165) is 0 Å². The van der Waals surface area contributed by atoms with E-state index in [4.69, 9.17) is 21.1 Å². The Bertz CT molecular complexity index is 277. The molecule has 6 heteroatoms. The Balaban J connectivity index is 2.57. The van der Waals surface area contributed by atoms with E-state index in [-0.39, 0.29) is 0 Å². The predicted molar refractivity (Wildman–Crippen MR) is 53.7 cm³/mol. The van der Waals surface area contributed by atoms with Gasteiger partial charge in [-0.3, -0.25) is 0 Å². The van der Waals surface area contributed by atoms with Crippen molar-refractivity contribution in [2.45, 2.75) is 19.4 Å². The van der Waals surface area contributed by atoms with Gasteiger partial charge in [-0.05, 0) is 6.92 Å². The lowest BCUT2D eigenvalue weighted by atomic mass is 10.4. The number of alkyl halides is 1. The minimum absolute atomic E-state index is 0.408. The van der Waals surface area contributed by atoms with Gasteiger partial charge >= 0.3 is 6.01 Å². The van der Waals surface area contributed by atoms with Crippen LogP contribution in [0.3, 0.4) is 0 Å². The zero-order chi connectivity index (χ0) is 10.6.